The molecule has 0 aliphatic heterocycles. The monoisotopic (exact) mass is 200 g/mol. The molecule has 1 heteroatoms. The predicted molar refractivity (Wildman–Crippen MR) is 62.4 cm³/mol. The Morgan fingerprint density at radius 2 is 1.40 bits per heavy atom. The van der Waals surface area contributed by atoms with Crippen LogP contribution in [-0.2, 0) is 5.60 Å². The van der Waals surface area contributed by atoms with Gasteiger partial charge >= 0.3 is 0 Å². The summed E-state index contributed by atoms with van der Waals surface area (Å²) >= 11 is 0. The highest BCUT2D eigenvalue weighted by Gasteiger charge is 2.27. The maximum Gasteiger partial charge on any atom is 0.126 e. The Hall–Kier alpha value is -1.34. The van der Waals surface area contributed by atoms with Crippen LogP contribution in [0.3, 0.4) is 0 Å². The van der Waals surface area contributed by atoms with Crippen LogP contribution in [0, 0.1) is 5.41 Å². The fourth-order valence-electron chi connectivity index (χ4n) is 1.69. The summed E-state index contributed by atoms with van der Waals surface area (Å²) in [4.78, 5) is 0. The first-order chi connectivity index (χ1) is 7.02. The molecule has 1 nitrogen and oxygen atoms in total. The largest absolute Gasteiger partial charge is 0.377 e. The Balaban J connectivity index is 2.36. The van der Waals surface area contributed by atoms with Crippen LogP contribution in [0.2, 0.25) is 0 Å². The Morgan fingerprint density at radius 1 is 0.867 bits per heavy atom. The SMILES string of the molecule is CC1(C)C=CC(O)(c2ccccc2)C=C1. The van der Waals surface area contributed by atoms with Crippen molar-refractivity contribution < 1.29 is 5.11 Å². The van der Waals surface area contributed by atoms with Gasteiger partial charge in [-0.2, -0.15) is 0 Å². The van der Waals surface area contributed by atoms with Crippen molar-refractivity contribution in [1.82, 2.24) is 0 Å². The Kier molecular flexibility index (Phi) is 2.28. The summed E-state index contributed by atoms with van der Waals surface area (Å²) in [5.74, 6) is 0. The Labute approximate surface area is 90.8 Å². The first-order valence-electron chi connectivity index (χ1n) is 5.21. The fraction of sp³-hybridized carbons (Fsp3) is 0.286. The van der Waals surface area contributed by atoms with Crippen LogP contribution in [0.15, 0.2) is 54.6 Å². The van der Waals surface area contributed by atoms with E-state index in [9.17, 15) is 5.11 Å². The molecule has 2 rings (SSSR count). The van der Waals surface area contributed by atoms with E-state index in [0.29, 0.717) is 0 Å². The zero-order chi connectivity index (χ0) is 10.9. The molecular formula is C14H16O. The van der Waals surface area contributed by atoms with Gasteiger partial charge in [-0.1, -0.05) is 56.3 Å². The number of aliphatic hydroxyl groups is 1. The first kappa shape index (κ1) is 10.2. The van der Waals surface area contributed by atoms with Crippen LogP contribution in [0.4, 0.5) is 0 Å². The van der Waals surface area contributed by atoms with Crippen molar-refractivity contribution in [1.29, 1.82) is 0 Å². The van der Waals surface area contributed by atoms with Gasteiger partial charge in [0.25, 0.3) is 0 Å². The summed E-state index contributed by atoms with van der Waals surface area (Å²) in [5, 5.41) is 10.4. The van der Waals surface area contributed by atoms with Gasteiger partial charge in [-0.05, 0) is 17.7 Å². The van der Waals surface area contributed by atoms with E-state index < -0.39 is 5.60 Å². The van der Waals surface area contributed by atoms with Crippen LogP contribution in [0.1, 0.15) is 19.4 Å². The van der Waals surface area contributed by atoms with Gasteiger partial charge < -0.3 is 5.11 Å². The van der Waals surface area contributed by atoms with Crippen LogP contribution < -0.4 is 0 Å². The summed E-state index contributed by atoms with van der Waals surface area (Å²) < 4.78 is 0. The highest BCUT2D eigenvalue weighted by molar-refractivity contribution is 5.37. The lowest BCUT2D eigenvalue weighted by Crippen LogP contribution is -2.24. The number of rotatable bonds is 1. The molecule has 0 amide bonds. The molecule has 78 valence electrons. The number of hydrogen-bond acceptors (Lipinski definition) is 1. The zero-order valence-electron chi connectivity index (χ0n) is 9.14. The van der Waals surface area contributed by atoms with E-state index in [2.05, 4.69) is 13.8 Å². The molecule has 0 atom stereocenters. The van der Waals surface area contributed by atoms with Crippen LogP contribution in [0.5, 0.6) is 0 Å². The van der Waals surface area contributed by atoms with Crippen LogP contribution in [-0.4, -0.2) is 5.11 Å². The van der Waals surface area contributed by atoms with E-state index in [1.54, 1.807) is 0 Å². The van der Waals surface area contributed by atoms with Crippen LogP contribution >= 0.6 is 0 Å². The van der Waals surface area contributed by atoms with Crippen molar-refractivity contribution in [3.63, 3.8) is 0 Å². The average Bonchev–Trinajstić information content (AvgIpc) is 2.24. The Bertz CT molecular complexity index is 383. The summed E-state index contributed by atoms with van der Waals surface area (Å²) in [7, 11) is 0. The molecule has 0 spiro atoms. The minimum Gasteiger partial charge on any atom is -0.377 e. The summed E-state index contributed by atoms with van der Waals surface area (Å²) in [6.07, 6.45) is 7.81. The van der Waals surface area contributed by atoms with Gasteiger partial charge in [0, 0.05) is 5.41 Å². The molecule has 1 aliphatic carbocycles. The maximum absolute atomic E-state index is 10.4. The van der Waals surface area contributed by atoms with Crippen molar-refractivity contribution in [2.75, 3.05) is 0 Å². The highest BCUT2D eigenvalue weighted by atomic mass is 16.3. The molecule has 1 N–H and O–H groups in total. The van der Waals surface area contributed by atoms with Crippen molar-refractivity contribution in [2.24, 2.45) is 5.41 Å². The normalized spacial score (nSPS) is 21.5. The molecule has 0 unspecified atom stereocenters. The molecule has 0 bridgehead atoms. The lowest BCUT2D eigenvalue weighted by atomic mass is 9.80. The van der Waals surface area contributed by atoms with E-state index in [0.717, 1.165) is 5.56 Å². The molecule has 0 radical (unpaired) electrons. The van der Waals surface area contributed by atoms with Gasteiger partial charge in [-0.25, -0.2) is 0 Å². The van der Waals surface area contributed by atoms with Crippen molar-refractivity contribution in [2.45, 2.75) is 19.4 Å². The molecule has 1 aromatic rings. The second kappa shape index (κ2) is 3.35. The highest BCUT2D eigenvalue weighted by Crippen LogP contribution is 2.33. The zero-order valence-corrected chi connectivity index (χ0v) is 9.14. The molecule has 0 fully saturated rings. The number of allylic oxidation sites excluding steroid dienone is 2. The average molecular weight is 200 g/mol. The molecule has 1 aliphatic rings. The smallest absolute Gasteiger partial charge is 0.126 e. The third-order valence-corrected chi connectivity index (χ3v) is 2.77. The lowest BCUT2D eigenvalue weighted by Gasteiger charge is -2.29. The number of benzene rings is 1. The predicted octanol–water partition coefficient (Wildman–Crippen LogP) is 3.03. The van der Waals surface area contributed by atoms with E-state index >= 15 is 0 Å². The third-order valence-electron chi connectivity index (χ3n) is 2.77. The van der Waals surface area contributed by atoms with Gasteiger partial charge in [-0.15, -0.1) is 0 Å². The molecule has 15 heavy (non-hydrogen) atoms. The van der Waals surface area contributed by atoms with E-state index in [1.807, 2.05) is 54.6 Å². The lowest BCUT2D eigenvalue weighted by molar-refractivity contribution is 0.138. The van der Waals surface area contributed by atoms with E-state index in [1.165, 1.54) is 0 Å². The second-order valence-electron chi connectivity index (χ2n) is 4.68. The molecule has 1 aromatic carbocycles. The van der Waals surface area contributed by atoms with Crippen molar-refractivity contribution in [3.8, 4) is 0 Å². The van der Waals surface area contributed by atoms with Gasteiger partial charge in [0.05, 0.1) is 0 Å². The Morgan fingerprint density at radius 3 is 1.93 bits per heavy atom. The van der Waals surface area contributed by atoms with E-state index in [-0.39, 0.29) is 5.41 Å². The standard InChI is InChI=1S/C14H16O/c1-13(2)8-10-14(15,11-9-13)12-6-4-3-5-7-12/h3-11,15H,1-2H3. The summed E-state index contributed by atoms with van der Waals surface area (Å²) in [6, 6.07) is 9.70. The molecule has 0 aromatic heterocycles. The molecule has 0 saturated carbocycles. The first-order valence-corrected chi connectivity index (χ1v) is 5.21. The van der Waals surface area contributed by atoms with Gasteiger partial charge in [-0.3, -0.25) is 0 Å². The molecule has 0 heterocycles. The van der Waals surface area contributed by atoms with E-state index in [4.69, 9.17) is 0 Å². The minimum atomic E-state index is -0.934. The van der Waals surface area contributed by atoms with Crippen molar-refractivity contribution in [3.05, 3.63) is 60.2 Å². The van der Waals surface area contributed by atoms with Crippen molar-refractivity contribution >= 4 is 0 Å². The minimum absolute atomic E-state index is 0.0427. The maximum atomic E-state index is 10.4. The second-order valence-corrected chi connectivity index (χ2v) is 4.68. The van der Waals surface area contributed by atoms with Crippen LogP contribution in [0.25, 0.3) is 0 Å². The van der Waals surface area contributed by atoms with Gasteiger partial charge in [0.2, 0.25) is 0 Å². The molecular weight excluding hydrogens is 184 g/mol. The summed E-state index contributed by atoms with van der Waals surface area (Å²) in [5.41, 5.74) is 0.0191. The number of hydrogen-bond donors (Lipinski definition) is 1. The topological polar surface area (TPSA) is 20.2 Å². The van der Waals surface area contributed by atoms with Gasteiger partial charge in [0.1, 0.15) is 5.60 Å². The summed E-state index contributed by atoms with van der Waals surface area (Å²) in [6.45, 7) is 4.23. The molecule has 0 saturated heterocycles. The third kappa shape index (κ3) is 2.02. The fourth-order valence-corrected chi connectivity index (χ4v) is 1.69. The quantitative estimate of drug-likeness (QED) is 0.691. The van der Waals surface area contributed by atoms with Gasteiger partial charge in [0.15, 0.2) is 0 Å².